The average molecular weight is 210 g/mol. The Morgan fingerprint density at radius 2 is 2.21 bits per heavy atom. The lowest BCUT2D eigenvalue weighted by molar-refractivity contribution is -0.134. The van der Waals surface area contributed by atoms with Crippen LogP contribution in [0.3, 0.4) is 0 Å². The van der Waals surface area contributed by atoms with Gasteiger partial charge in [0.1, 0.15) is 0 Å². The third-order valence-corrected chi connectivity index (χ3v) is 2.11. The normalized spacial score (nSPS) is 23.4. The van der Waals surface area contributed by atoms with Gasteiger partial charge in [-0.3, -0.25) is 4.79 Å². The zero-order valence-electron chi connectivity index (χ0n) is 7.66. The summed E-state index contributed by atoms with van der Waals surface area (Å²) in [4.78, 5) is 10.7. The molecular weight excluding hydrogens is 197 g/mol. The van der Waals surface area contributed by atoms with E-state index in [0.717, 1.165) is 0 Å². The van der Waals surface area contributed by atoms with E-state index in [2.05, 4.69) is 10.6 Å². The van der Waals surface area contributed by atoms with Crippen LogP contribution in [0.25, 0.3) is 0 Å². The van der Waals surface area contributed by atoms with Gasteiger partial charge in [0, 0.05) is 25.6 Å². The van der Waals surface area contributed by atoms with Crippen LogP contribution in [0.5, 0.6) is 0 Å². The molecule has 0 spiro atoms. The molecule has 0 radical (unpaired) electrons. The van der Waals surface area contributed by atoms with E-state index in [1.54, 1.807) is 0 Å². The van der Waals surface area contributed by atoms with Gasteiger partial charge in [-0.2, -0.15) is 13.2 Å². The van der Waals surface area contributed by atoms with Crippen LogP contribution in [0, 0.1) is 0 Å². The van der Waals surface area contributed by atoms with Crippen LogP contribution in [0.4, 0.5) is 13.2 Å². The lowest BCUT2D eigenvalue weighted by Crippen LogP contribution is -2.46. The first-order chi connectivity index (χ1) is 6.47. The molecule has 1 aliphatic rings. The number of nitrogens with one attached hydrogen (secondary N) is 2. The van der Waals surface area contributed by atoms with Gasteiger partial charge in [-0.15, -0.1) is 0 Å². The summed E-state index contributed by atoms with van der Waals surface area (Å²) in [7, 11) is 0. The molecule has 1 rings (SSSR count). The highest BCUT2D eigenvalue weighted by atomic mass is 19.4. The minimum absolute atomic E-state index is 0.0185. The van der Waals surface area contributed by atoms with Crippen molar-refractivity contribution in [3.63, 3.8) is 0 Å². The van der Waals surface area contributed by atoms with E-state index in [9.17, 15) is 18.0 Å². The predicted octanol–water partition coefficient (Wildman–Crippen LogP) is 0.807. The monoisotopic (exact) mass is 210 g/mol. The number of hydrogen-bond acceptors (Lipinski definition) is 2. The Balaban J connectivity index is 2.10. The molecule has 1 atom stereocenters. The van der Waals surface area contributed by atoms with Crippen LogP contribution in [-0.2, 0) is 4.79 Å². The Labute approximate surface area is 80.0 Å². The second kappa shape index (κ2) is 4.63. The van der Waals surface area contributed by atoms with Gasteiger partial charge in [0.25, 0.3) is 0 Å². The number of carbonyl (C=O) groups is 1. The number of piperidine rings is 1. The van der Waals surface area contributed by atoms with Gasteiger partial charge in [-0.1, -0.05) is 0 Å². The number of alkyl halides is 3. The highest BCUT2D eigenvalue weighted by Gasteiger charge is 2.27. The molecule has 1 amide bonds. The molecule has 2 N–H and O–H groups in total. The van der Waals surface area contributed by atoms with Crippen LogP contribution in [0.2, 0.25) is 0 Å². The summed E-state index contributed by atoms with van der Waals surface area (Å²) in [5.41, 5.74) is 0. The first kappa shape index (κ1) is 11.3. The Kier molecular flexibility index (Phi) is 3.74. The molecule has 1 unspecified atom stereocenters. The molecule has 14 heavy (non-hydrogen) atoms. The van der Waals surface area contributed by atoms with E-state index < -0.39 is 12.6 Å². The first-order valence-corrected chi connectivity index (χ1v) is 4.54. The van der Waals surface area contributed by atoms with Gasteiger partial charge >= 0.3 is 6.18 Å². The number of amides is 1. The highest BCUT2D eigenvalue weighted by molar-refractivity contribution is 5.76. The minimum Gasteiger partial charge on any atom is -0.355 e. The molecule has 0 aliphatic carbocycles. The number of rotatable bonds is 3. The quantitative estimate of drug-likeness (QED) is 0.723. The van der Waals surface area contributed by atoms with Crippen LogP contribution < -0.4 is 10.6 Å². The highest BCUT2D eigenvalue weighted by Crippen LogP contribution is 2.18. The molecule has 3 nitrogen and oxygen atoms in total. The fraction of sp³-hybridized carbons (Fsp3) is 0.875. The van der Waals surface area contributed by atoms with Crippen molar-refractivity contribution in [3.05, 3.63) is 0 Å². The summed E-state index contributed by atoms with van der Waals surface area (Å²) in [6.45, 7) is 0.348. The average Bonchev–Trinajstić information content (AvgIpc) is 2.06. The zero-order valence-corrected chi connectivity index (χ0v) is 7.66. The first-order valence-electron chi connectivity index (χ1n) is 4.54. The maximum atomic E-state index is 11.8. The Morgan fingerprint density at radius 1 is 1.50 bits per heavy atom. The van der Waals surface area contributed by atoms with Crippen molar-refractivity contribution < 1.29 is 18.0 Å². The van der Waals surface area contributed by atoms with Gasteiger partial charge in [0.15, 0.2) is 0 Å². The summed E-state index contributed by atoms with van der Waals surface area (Å²) in [6, 6.07) is -0.0185. The van der Waals surface area contributed by atoms with E-state index in [1.807, 2.05) is 0 Å². The molecule has 82 valence electrons. The van der Waals surface area contributed by atoms with Crippen molar-refractivity contribution >= 4 is 5.91 Å². The molecule has 1 fully saturated rings. The van der Waals surface area contributed by atoms with Gasteiger partial charge in [0.2, 0.25) is 5.91 Å². The fourth-order valence-corrected chi connectivity index (χ4v) is 1.33. The molecule has 6 heteroatoms. The van der Waals surface area contributed by atoms with Crippen molar-refractivity contribution in [2.24, 2.45) is 0 Å². The largest absolute Gasteiger partial charge is 0.390 e. The lowest BCUT2D eigenvalue weighted by Gasteiger charge is -2.23. The molecule has 0 aromatic carbocycles. The zero-order chi connectivity index (χ0) is 10.6. The molecule has 0 saturated carbocycles. The summed E-state index contributed by atoms with van der Waals surface area (Å²) in [5.74, 6) is -0.0288. The number of halogens is 3. The second-order valence-corrected chi connectivity index (χ2v) is 3.36. The molecule has 0 aromatic rings. The maximum absolute atomic E-state index is 11.8. The van der Waals surface area contributed by atoms with Crippen molar-refractivity contribution in [2.75, 3.05) is 13.1 Å². The summed E-state index contributed by atoms with van der Waals surface area (Å²) in [5, 5.41) is 5.36. The second-order valence-electron chi connectivity index (χ2n) is 3.36. The molecular formula is C8H13F3N2O. The van der Waals surface area contributed by atoms with E-state index in [-0.39, 0.29) is 18.5 Å². The Hall–Kier alpha value is -0.780. The SMILES string of the molecule is O=C1CCC(NCCC(F)(F)F)CN1. The topological polar surface area (TPSA) is 41.1 Å². The van der Waals surface area contributed by atoms with E-state index in [1.165, 1.54) is 0 Å². The predicted molar refractivity (Wildman–Crippen MR) is 44.7 cm³/mol. The van der Waals surface area contributed by atoms with Gasteiger partial charge in [-0.05, 0) is 6.42 Å². The molecule has 1 heterocycles. The fourth-order valence-electron chi connectivity index (χ4n) is 1.33. The van der Waals surface area contributed by atoms with E-state index in [4.69, 9.17) is 0 Å². The molecule has 1 aliphatic heterocycles. The Bertz CT molecular complexity index is 195. The van der Waals surface area contributed by atoms with Gasteiger partial charge in [-0.25, -0.2) is 0 Å². The number of hydrogen-bond donors (Lipinski definition) is 2. The van der Waals surface area contributed by atoms with Crippen LogP contribution in [-0.4, -0.2) is 31.2 Å². The summed E-state index contributed by atoms with van der Waals surface area (Å²) in [6.07, 6.45) is -3.92. The smallest absolute Gasteiger partial charge is 0.355 e. The third-order valence-electron chi connectivity index (χ3n) is 2.11. The van der Waals surface area contributed by atoms with E-state index in [0.29, 0.717) is 19.4 Å². The van der Waals surface area contributed by atoms with E-state index >= 15 is 0 Å². The lowest BCUT2D eigenvalue weighted by atomic mass is 10.1. The van der Waals surface area contributed by atoms with Crippen molar-refractivity contribution in [3.8, 4) is 0 Å². The van der Waals surface area contributed by atoms with Crippen molar-refractivity contribution in [1.29, 1.82) is 0 Å². The van der Waals surface area contributed by atoms with Crippen molar-refractivity contribution in [1.82, 2.24) is 10.6 Å². The number of carbonyl (C=O) groups excluding carboxylic acids is 1. The molecule has 0 aromatic heterocycles. The third kappa shape index (κ3) is 4.45. The minimum atomic E-state index is -4.11. The van der Waals surface area contributed by atoms with Crippen molar-refractivity contribution in [2.45, 2.75) is 31.5 Å². The van der Waals surface area contributed by atoms with Crippen LogP contribution in [0.15, 0.2) is 0 Å². The van der Waals surface area contributed by atoms with Gasteiger partial charge < -0.3 is 10.6 Å². The Morgan fingerprint density at radius 3 is 2.71 bits per heavy atom. The van der Waals surface area contributed by atoms with Gasteiger partial charge in [0.05, 0.1) is 6.42 Å². The van der Waals surface area contributed by atoms with Crippen LogP contribution in [0.1, 0.15) is 19.3 Å². The summed E-state index contributed by atoms with van der Waals surface area (Å²) < 4.78 is 35.3. The van der Waals surface area contributed by atoms with Crippen LogP contribution >= 0.6 is 0 Å². The molecule has 0 bridgehead atoms. The summed E-state index contributed by atoms with van der Waals surface area (Å²) >= 11 is 0. The maximum Gasteiger partial charge on any atom is 0.390 e. The standard InChI is InChI=1S/C8H13F3N2O/c9-8(10,11)3-4-12-6-1-2-7(14)13-5-6/h6,12H,1-5H2,(H,13,14). The molecule has 1 saturated heterocycles.